The minimum Gasteiger partial charge on any atom is -0.531 e. The number of rotatable bonds is 5. The first kappa shape index (κ1) is 17.2. The fourth-order valence-corrected chi connectivity index (χ4v) is 3.30. The molecule has 0 amide bonds. The van der Waals surface area contributed by atoms with E-state index in [0.29, 0.717) is 18.3 Å². The summed E-state index contributed by atoms with van der Waals surface area (Å²) < 4.78 is 9.26. The van der Waals surface area contributed by atoms with Gasteiger partial charge >= 0.3 is 0 Å². The predicted octanol–water partition coefficient (Wildman–Crippen LogP) is 4.04. The Balaban J connectivity index is 1.39. The second kappa shape index (κ2) is 6.59. The van der Waals surface area contributed by atoms with E-state index in [1.54, 1.807) is 23.3 Å². The number of aromatic nitrogens is 5. The predicted molar refractivity (Wildman–Crippen MR) is 109 cm³/mol. The number of aromatic hydroxyl groups is 1. The van der Waals surface area contributed by atoms with Crippen LogP contribution in [0.4, 0.5) is 11.6 Å². The number of furan rings is 1. The smallest absolute Gasteiger partial charge is 0.229 e. The normalized spacial score (nSPS) is 11.4. The van der Waals surface area contributed by atoms with Gasteiger partial charge in [-0.15, -0.1) is 0 Å². The zero-order valence-electron chi connectivity index (χ0n) is 16.0. The maximum absolute atomic E-state index is 9.27. The highest BCUT2D eigenvalue weighted by Gasteiger charge is 2.09. The number of hydrogen-bond acceptors (Lipinski definition) is 6. The molecule has 29 heavy (non-hydrogen) atoms. The highest BCUT2D eigenvalue weighted by molar-refractivity contribution is 5.82. The maximum Gasteiger partial charge on any atom is 0.229 e. The van der Waals surface area contributed by atoms with Crippen LogP contribution >= 0.6 is 0 Å². The van der Waals surface area contributed by atoms with Crippen molar-refractivity contribution >= 4 is 22.6 Å². The van der Waals surface area contributed by atoms with Gasteiger partial charge in [0.2, 0.25) is 5.95 Å². The number of benzene rings is 1. The molecule has 0 saturated heterocycles. The van der Waals surface area contributed by atoms with Crippen molar-refractivity contribution in [1.82, 2.24) is 24.3 Å². The molecule has 0 fully saturated rings. The van der Waals surface area contributed by atoms with Crippen LogP contribution in [0.1, 0.15) is 17.0 Å². The van der Waals surface area contributed by atoms with E-state index in [-0.39, 0.29) is 5.75 Å². The molecule has 0 aliphatic carbocycles. The van der Waals surface area contributed by atoms with Crippen molar-refractivity contribution in [2.24, 2.45) is 0 Å². The standard InChI is InChI=1S/C21H19N6O2/c1-13-7-15-8-17(3-4-19(15)29-13)23-21-22-6-5-20(24-21)27-10-16(14(2)25-27)9-26-11-18(28)12-26/h3-8,10-12,28H,9H2,1-2H3,(H,22,23,24)/q-1. The summed E-state index contributed by atoms with van der Waals surface area (Å²) in [7, 11) is 0. The van der Waals surface area contributed by atoms with Crippen LogP contribution < -0.4 is 5.32 Å². The van der Waals surface area contributed by atoms with Gasteiger partial charge in [0.25, 0.3) is 0 Å². The first-order valence-electron chi connectivity index (χ1n) is 9.21. The molecule has 0 spiro atoms. The summed E-state index contributed by atoms with van der Waals surface area (Å²) in [6, 6.07) is 9.67. The van der Waals surface area contributed by atoms with E-state index in [4.69, 9.17) is 4.42 Å². The number of hydrogen-bond donors (Lipinski definition) is 2. The Morgan fingerprint density at radius 2 is 2.03 bits per heavy atom. The number of nitrogens with zero attached hydrogens (tertiary/aromatic N) is 5. The molecule has 1 aromatic carbocycles. The van der Waals surface area contributed by atoms with E-state index in [1.807, 2.05) is 54.9 Å². The average Bonchev–Trinajstić information content (AvgIpc) is 3.22. The van der Waals surface area contributed by atoms with Crippen molar-refractivity contribution in [2.75, 3.05) is 5.32 Å². The summed E-state index contributed by atoms with van der Waals surface area (Å²) in [5, 5.41) is 18.1. The summed E-state index contributed by atoms with van der Waals surface area (Å²) in [5.74, 6) is 2.32. The third-order valence-electron chi connectivity index (χ3n) is 4.72. The van der Waals surface area contributed by atoms with Crippen LogP contribution in [-0.2, 0) is 6.54 Å². The van der Waals surface area contributed by atoms with Crippen LogP contribution in [0.25, 0.3) is 16.8 Å². The molecule has 2 N–H and O–H groups in total. The summed E-state index contributed by atoms with van der Waals surface area (Å²) >= 11 is 0. The Morgan fingerprint density at radius 3 is 2.86 bits per heavy atom. The minimum absolute atomic E-state index is 0.283. The van der Waals surface area contributed by atoms with Gasteiger partial charge in [0.1, 0.15) is 11.3 Å². The van der Waals surface area contributed by atoms with E-state index in [1.165, 1.54) is 0 Å². The molecule has 146 valence electrons. The van der Waals surface area contributed by atoms with Crippen molar-refractivity contribution < 1.29 is 9.52 Å². The Bertz CT molecular complexity index is 1290. The van der Waals surface area contributed by atoms with Gasteiger partial charge in [-0.2, -0.15) is 10.1 Å². The van der Waals surface area contributed by atoms with Gasteiger partial charge in [-0.25, -0.2) is 9.67 Å². The highest BCUT2D eigenvalue weighted by Crippen LogP contribution is 2.24. The zero-order chi connectivity index (χ0) is 20.0. The van der Waals surface area contributed by atoms with Gasteiger partial charge in [-0.05, 0) is 38.1 Å². The van der Waals surface area contributed by atoms with Crippen LogP contribution in [-0.4, -0.2) is 29.4 Å². The van der Waals surface area contributed by atoms with E-state index in [0.717, 1.165) is 33.7 Å². The lowest BCUT2D eigenvalue weighted by Crippen LogP contribution is -2.03. The van der Waals surface area contributed by atoms with Crippen LogP contribution in [0, 0.1) is 13.8 Å². The van der Waals surface area contributed by atoms with Crippen molar-refractivity contribution in [3.8, 4) is 11.6 Å². The van der Waals surface area contributed by atoms with Crippen molar-refractivity contribution in [3.63, 3.8) is 0 Å². The number of nitrogens with one attached hydrogen (secondary N) is 1. The second-order valence-corrected chi connectivity index (χ2v) is 7.01. The van der Waals surface area contributed by atoms with Gasteiger partial charge in [0.15, 0.2) is 5.82 Å². The topological polar surface area (TPSA) is 93.9 Å². The molecule has 8 heteroatoms. The molecular formula is C21H19N6O2-. The SMILES string of the molecule is Cc1cc2cc(Nc3nccc(-n4cc(Cn5cc(O)[cH-]5)c(C)n4)n3)ccc2o1. The second-order valence-electron chi connectivity index (χ2n) is 7.01. The number of aryl methyl sites for hydroxylation is 2. The average molecular weight is 387 g/mol. The highest BCUT2D eigenvalue weighted by atomic mass is 16.3. The molecular weight excluding hydrogens is 368 g/mol. The largest absolute Gasteiger partial charge is 0.531 e. The summed E-state index contributed by atoms with van der Waals surface area (Å²) in [6.45, 7) is 4.53. The zero-order valence-corrected chi connectivity index (χ0v) is 16.0. The van der Waals surface area contributed by atoms with E-state index in [9.17, 15) is 5.11 Å². The summed E-state index contributed by atoms with van der Waals surface area (Å²) in [4.78, 5) is 8.90. The van der Waals surface area contributed by atoms with Gasteiger partial charge in [0.05, 0.1) is 5.69 Å². The molecule has 0 unspecified atom stereocenters. The number of fused-ring (bicyclic) bond motifs is 1. The molecule has 4 aromatic heterocycles. The van der Waals surface area contributed by atoms with E-state index >= 15 is 0 Å². The van der Waals surface area contributed by atoms with Crippen molar-refractivity contribution in [2.45, 2.75) is 20.4 Å². The molecule has 5 rings (SSSR count). The molecule has 8 nitrogen and oxygen atoms in total. The third kappa shape index (κ3) is 3.36. The Kier molecular flexibility index (Phi) is 3.90. The Hall–Kier alpha value is -3.94. The molecule has 5 aromatic rings. The summed E-state index contributed by atoms with van der Waals surface area (Å²) in [5.41, 5.74) is 3.70. The molecule has 4 heterocycles. The van der Waals surface area contributed by atoms with E-state index in [2.05, 4.69) is 20.4 Å². The first-order valence-corrected chi connectivity index (χ1v) is 9.21. The van der Waals surface area contributed by atoms with E-state index < -0.39 is 0 Å². The van der Waals surface area contributed by atoms with Crippen molar-refractivity contribution in [3.05, 3.63) is 72.1 Å². The quantitative estimate of drug-likeness (QED) is 0.442. The molecule has 0 aliphatic rings. The molecule has 0 radical (unpaired) electrons. The number of anilines is 2. The van der Waals surface area contributed by atoms with Crippen LogP contribution in [0.2, 0.25) is 0 Å². The van der Waals surface area contributed by atoms with Gasteiger partial charge in [0, 0.05) is 47.4 Å². The monoisotopic (exact) mass is 387 g/mol. The third-order valence-corrected chi connectivity index (χ3v) is 4.72. The van der Waals surface area contributed by atoms with Gasteiger partial charge in [-0.3, -0.25) is 0 Å². The van der Waals surface area contributed by atoms with Crippen LogP contribution in [0.5, 0.6) is 5.75 Å². The molecule has 0 bridgehead atoms. The van der Waals surface area contributed by atoms with Gasteiger partial charge < -0.3 is 19.4 Å². The van der Waals surface area contributed by atoms with Crippen LogP contribution in [0.15, 0.2) is 59.5 Å². The fraction of sp³-hybridized carbons (Fsp3) is 0.143. The summed E-state index contributed by atoms with van der Waals surface area (Å²) in [6.07, 6.45) is 7.01. The maximum atomic E-state index is 9.27. The lowest BCUT2D eigenvalue weighted by molar-refractivity contribution is 0.446. The molecule has 0 saturated carbocycles. The van der Waals surface area contributed by atoms with Crippen LogP contribution in [0.3, 0.4) is 0 Å². The molecule has 0 atom stereocenters. The lowest BCUT2D eigenvalue weighted by Gasteiger charge is -2.17. The Labute approximate surface area is 166 Å². The first-order chi connectivity index (χ1) is 14.0. The lowest BCUT2D eigenvalue weighted by atomic mass is 10.2. The van der Waals surface area contributed by atoms with Gasteiger partial charge in [-0.1, -0.05) is 12.4 Å². The molecule has 0 aliphatic heterocycles. The Morgan fingerprint density at radius 1 is 1.17 bits per heavy atom. The fourth-order valence-electron chi connectivity index (χ4n) is 3.30. The van der Waals surface area contributed by atoms with Crippen molar-refractivity contribution in [1.29, 1.82) is 0 Å². The minimum atomic E-state index is 0.283.